The van der Waals surface area contributed by atoms with Crippen LogP contribution in [0.3, 0.4) is 0 Å². The summed E-state index contributed by atoms with van der Waals surface area (Å²) in [6.07, 6.45) is 6.25. The fraction of sp³-hybridized carbons (Fsp3) is 1.00. The summed E-state index contributed by atoms with van der Waals surface area (Å²) < 4.78 is 5.81. The Kier molecular flexibility index (Phi) is 3.68. The van der Waals surface area contributed by atoms with Crippen molar-refractivity contribution in [3.8, 4) is 0 Å². The van der Waals surface area contributed by atoms with Gasteiger partial charge >= 0.3 is 0 Å². The molecular formula is C13H24O2. The van der Waals surface area contributed by atoms with Crippen molar-refractivity contribution in [1.29, 1.82) is 0 Å². The highest BCUT2D eigenvalue weighted by molar-refractivity contribution is 4.81. The minimum absolute atomic E-state index is 0.195. The van der Waals surface area contributed by atoms with Crippen LogP contribution in [-0.4, -0.2) is 23.9 Å². The average Bonchev–Trinajstić information content (AvgIpc) is 3.03. The smallest absolute Gasteiger partial charge is 0.0801 e. The molecule has 0 spiro atoms. The molecule has 2 rings (SSSR count). The summed E-state index contributed by atoms with van der Waals surface area (Å²) in [7, 11) is 0. The van der Waals surface area contributed by atoms with Gasteiger partial charge in [0.1, 0.15) is 0 Å². The van der Waals surface area contributed by atoms with E-state index in [9.17, 15) is 5.11 Å². The normalized spacial score (nSPS) is 39.0. The Hall–Kier alpha value is -0.0800. The molecule has 2 saturated carbocycles. The SMILES string of the molecule is CC1CCC(OCC(O)C2CC2)CC1C. The van der Waals surface area contributed by atoms with Gasteiger partial charge in [0.05, 0.1) is 18.8 Å². The molecule has 2 fully saturated rings. The van der Waals surface area contributed by atoms with Crippen molar-refractivity contribution in [2.24, 2.45) is 17.8 Å². The Morgan fingerprint density at radius 1 is 1.13 bits per heavy atom. The van der Waals surface area contributed by atoms with Crippen LogP contribution in [0.25, 0.3) is 0 Å². The van der Waals surface area contributed by atoms with E-state index in [1.54, 1.807) is 0 Å². The molecule has 2 heteroatoms. The second kappa shape index (κ2) is 4.84. The molecule has 2 aliphatic rings. The van der Waals surface area contributed by atoms with E-state index in [-0.39, 0.29) is 6.10 Å². The molecule has 1 N–H and O–H groups in total. The molecular weight excluding hydrogens is 188 g/mol. The summed E-state index contributed by atoms with van der Waals surface area (Å²) in [6, 6.07) is 0. The largest absolute Gasteiger partial charge is 0.390 e. The number of ether oxygens (including phenoxy) is 1. The third kappa shape index (κ3) is 3.18. The average molecular weight is 212 g/mol. The third-order valence-corrected chi connectivity index (χ3v) is 4.22. The van der Waals surface area contributed by atoms with Crippen LogP contribution in [0.15, 0.2) is 0 Å². The van der Waals surface area contributed by atoms with Gasteiger partial charge in [0.2, 0.25) is 0 Å². The van der Waals surface area contributed by atoms with E-state index in [1.165, 1.54) is 32.1 Å². The Morgan fingerprint density at radius 3 is 2.47 bits per heavy atom. The van der Waals surface area contributed by atoms with E-state index < -0.39 is 0 Å². The minimum Gasteiger partial charge on any atom is -0.390 e. The van der Waals surface area contributed by atoms with Gasteiger partial charge in [0.15, 0.2) is 0 Å². The van der Waals surface area contributed by atoms with Crippen LogP contribution in [0.4, 0.5) is 0 Å². The lowest BCUT2D eigenvalue weighted by molar-refractivity contribution is -0.0442. The first-order valence-corrected chi connectivity index (χ1v) is 6.46. The Labute approximate surface area is 93.0 Å². The monoisotopic (exact) mass is 212 g/mol. The second-order valence-corrected chi connectivity index (χ2v) is 5.63. The highest BCUT2D eigenvalue weighted by Gasteiger charge is 2.31. The van der Waals surface area contributed by atoms with E-state index in [2.05, 4.69) is 13.8 Å². The lowest BCUT2D eigenvalue weighted by Gasteiger charge is -2.32. The molecule has 0 aromatic carbocycles. The maximum absolute atomic E-state index is 9.71. The molecule has 15 heavy (non-hydrogen) atoms. The van der Waals surface area contributed by atoms with Crippen LogP contribution in [0.1, 0.15) is 46.0 Å². The van der Waals surface area contributed by atoms with Crippen molar-refractivity contribution in [2.75, 3.05) is 6.61 Å². The zero-order valence-corrected chi connectivity index (χ0v) is 9.98. The van der Waals surface area contributed by atoms with E-state index in [1.807, 2.05) is 0 Å². The third-order valence-electron chi connectivity index (χ3n) is 4.22. The van der Waals surface area contributed by atoms with Gasteiger partial charge in [0.25, 0.3) is 0 Å². The minimum atomic E-state index is -0.195. The number of aliphatic hydroxyl groups excluding tert-OH is 1. The molecule has 0 saturated heterocycles. The number of hydrogen-bond acceptors (Lipinski definition) is 2. The van der Waals surface area contributed by atoms with Crippen molar-refractivity contribution >= 4 is 0 Å². The Morgan fingerprint density at radius 2 is 1.87 bits per heavy atom. The van der Waals surface area contributed by atoms with Crippen LogP contribution in [-0.2, 0) is 4.74 Å². The van der Waals surface area contributed by atoms with Crippen LogP contribution < -0.4 is 0 Å². The molecule has 0 radical (unpaired) electrons. The summed E-state index contributed by atoms with van der Waals surface area (Å²) in [6.45, 7) is 5.22. The van der Waals surface area contributed by atoms with Crippen molar-refractivity contribution in [3.63, 3.8) is 0 Å². The van der Waals surface area contributed by atoms with Gasteiger partial charge in [-0.2, -0.15) is 0 Å². The molecule has 4 unspecified atom stereocenters. The molecule has 0 bridgehead atoms. The van der Waals surface area contributed by atoms with Gasteiger partial charge in [-0.05, 0) is 49.9 Å². The van der Waals surface area contributed by atoms with Gasteiger partial charge in [-0.25, -0.2) is 0 Å². The molecule has 88 valence electrons. The topological polar surface area (TPSA) is 29.5 Å². The molecule has 2 aliphatic carbocycles. The van der Waals surface area contributed by atoms with Crippen LogP contribution in [0.2, 0.25) is 0 Å². The van der Waals surface area contributed by atoms with E-state index >= 15 is 0 Å². The maximum atomic E-state index is 9.71. The first-order valence-electron chi connectivity index (χ1n) is 6.46. The first kappa shape index (κ1) is 11.4. The van der Waals surface area contributed by atoms with E-state index in [4.69, 9.17) is 4.74 Å². The van der Waals surface area contributed by atoms with Gasteiger partial charge in [0, 0.05) is 0 Å². The fourth-order valence-electron chi connectivity index (χ4n) is 2.50. The summed E-state index contributed by atoms with van der Waals surface area (Å²) in [5.74, 6) is 2.17. The van der Waals surface area contributed by atoms with E-state index in [0.717, 1.165) is 11.8 Å². The van der Waals surface area contributed by atoms with Gasteiger partial charge in [-0.3, -0.25) is 0 Å². The zero-order valence-electron chi connectivity index (χ0n) is 9.98. The zero-order chi connectivity index (χ0) is 10.8. The van der Waals surface area contributed by atoms with Gasteiger partial charge in [-0.1, -0.05) is 13.8 Å². The van der Waals surface area contributed by atoms with Crippen molar-refractivity contribution in [1.82, 2.24) is 0 Å². The van der Waals surface area contributed by atoms with Crippen molar-refractivity contribution < 1.29 is 9.84 Å². The van der Waals surface area contributed by atoms with Crippen LogP contribution in [0, 0.1) is 17.8 Å². The number of hydrogen-bond donors (Lipinski definition) is 1. The highest BCUT2D eigenvalue weighted by atomic mass is 16.5. The van der Waals surface area contributed by atoms with Crippen molar-refractivity contribution in [3.05, 3.63) is 0 Å². The Bertz CT molecular complexity index is 201. The van der Waals surface area contributed by atoms with E-state index in [0.29, 0.717) is 18.6 Å². The summed E-state index contributed by atoms with van der Waals surface area (Å²) in [5, 5.41) is 9.71. The number of aliphatic hydroxyl groups is 1. The predicted molar refractivity (Wildman–Crippen MR) is 60.6 cm³/mol. The highest BCUT2D eigenvalue weighted by Crippen LogP contribution is 2.34. The summed E-state index contributed by atoms with van der Waals surface area (Å²) in [4.78, 5) is 0. The molecule has 2 nitrogen and oxygen atoms in total. The number of rotatable bonds is 4. The molecule has 0 aromatic heterocycles. The van der Waals surface area contributed by atoms with Gasteiger partial charge < -0.3 is 9.84 Å². The fourth-order valence-corrected chi connectivity index (χ4v) is 2.50. The molecule has 0 aliphatic heterocycles. The van der Waals surface area contributed by atoms with Crippen LogP contribution in [0.5, 0.6) is 0 Å². The van der Waals surface area contributed by atoms with Crippen LogP contribution >= 0.6 is 0 Å². The molecule has 4 atom stereocenters. The second-order valence-electron chi connectivity index (χ2n) is 5.63. The van der Waals surface area contributed by atoms with Crippen molar-refractivity contribution in [2.45, 2.75) is 58.2 Å². The lowest BCUT2D eigenvalue weighted by atomic mass is 9.80. The quantitative estimate of drug-likeness (QED) is 0.776. The lowest BCUT2D eigenvalue weighted by Crippen LogP contribution is -2.30. The summed E-state index contributed by atoms with van der Waals surface area (Å²) in [5.41, 5.74) is 0. The Balaban J connectivity index is 1.66. The maximum Gasteiger partial charge on any atom is 0.0801 e. The first-order chi connectivity index (χ1) is 7.16. The molecule has 0 amide bonds. The standard InChI is InChI=1S/C13H24O2/c1-9-3-6-12(7-10(9)2)15-8-13(14)11-4-5-11/h9-14H,3-8H2,1-2H3. The van der Waals surface area contributed by atoms with Gasteiger partial charge in [-0.15, -0.1) is 0 Å². The summed E-state index contributed by atoms with van der Waals surface area (Å²) >= 11 is 0. The molecule has 0 aromatic rings. The molecule has 0 heterocycles. The predicted octanol–water partition coefficient (Wildman–Crippen LogP) is 2.60.